The van der Waals surface area contributed by atoms with E-state index < -0.39 is 0 Å². The number of rotatable bonds is 5. The fraction of sp³-hybridized carbons (Fsp3) is 1.00. The summed E-state index contributed by atoms with van der Waals surface area (Å²) in [5, 5.41) is 0. The number of hydrogen-bond donors (Lipinski definition) is 0. The van der Waals surface area contributed by atoms with Crippen LogP contribution < -0.4 is 0 Å². The Morgan fingerprint density at radius 1 is 0.452 bits per heavy atom. The zero-order valence-electron chi connectivity index (χ0n) is 20.5. The van der Waals surface area contributed by atoms with Gasteiger partial charge in [0.15, 0.2) is 0 Å². The van der Waals surface area contributed by atoms with E-state index in [0.717, 1.165) is 47.3 Å². The van der Waals surface area contributed by atoms with E-state index in [1.807, 2.05) is 0 Å². The van der Waals surface area contributed by atoms with Crippen LogP contribution >= 0.6 is 40.0 Å². The standard InChI is InChI=1S/C28H50.2HI.V/c1-21-3-7-23(8-4-21)19-24-9-11-25(12-10-24)20-26-13-17-28(18-14-26)27-15-5-22(2)6-16-27;;;/h21-28H,3-20H2,1-2H3;2*1H;/q;;;+2/p-2. The quantitative estimate of drug-likeness (QED) is 0.252. The van der Waals surface area contributed by atoms with Crippen molar-refractivity contribution in [2.24, 2.45) is 47.3 Å². The molecule has 0 unspecified atom stereocenters. The van der Waals surface area contributed by atoms with Gasteiger partial charge in [-0.05, 0) is 85.9 Å². The number of hydrogen-bond acceptors (Lipinski definition) is 0. The molecule has 4 fully saturated rings. The first-order valence-corrected chi connectivity index (χ1v) is 23.0. The van der Waals surface area contributed by atoms with Crippen molar-refractivity contribution in [3.05, 3.63) is 0 Å². The van der Waals surface area contributed by atoms with Crippen LogP contribution in [0.1, 0.15) is 129 Å². The molecule has 181 valence electrons. The molecule has 31 heavy (non-hydrogen) atoms. The topological polar surface area (TPSA) is 0 Å². The van der Waals surface area contributed by atoms with Crippen LogP contribution in [0.15, 0.2) is 0 Å². The molecule has 0 aromatic rings. The van der Waals surface area contributed by atoms with Crippen LogP contribution in [0.5, 0.6) is 0 Å². The molecular weight excluding hydrogens is 641 g/mol. The molecule has 0 N–H and O–H groups in total. The molecule has 0 amide bonds. The second-order valence-corrected chi connectivity index (χ2v) is 24.1. The summed E-state index contributed by atoms with van der Waals surface area (Å²) >= 11 is 4.74. The van der Waals surface area contributed by atoms with Gasteiger partial charge < -0.3 is 0 Å². The second kappa shape index (κ2) is 15.2. The summed E-state index contributed by atoms with van der Waals surface area (Å²) in [4.78, 5) is 0. The molecule has 0 radical (unpaired) electrons. The van der Waals surface area contributed by atoms with E-state index in [1.165, 1.54) is 25.7 Å². The minimum absolute atomic E-state index is 0.628. The third kappa shape index (κ3) is 9.90. The molecule has 4 aliphatic rings. The monoisotopic (exact) mass is 691 g/mol. The van der Waals surface area contributed by atoms with Crippen molar-refractivity contribution in [3.8, 4) is 0 Å². The summed E-state index contributed by atoms with van der Waals surface area (Å²) in [6.45, 7) is 4.93. The zero-order chi connectivity index (χ0) is 22.1. The van der Waals surface area contributed by atoms with Gasteiger partial charge in [0.2, 0.25) is 0 Å². The molecule has 0 spiro atoms. The third-order valence-corrected chi connectivity index (χ3v) is 10.1. The Morgan fingerprint density at radius 2 is 0.677 bits per heavy atom. The Hall–Kier alpha value is 2.04. The molecule has 4 saturated carbocycles. The Kier molecular flexibility index (Phi) is 13.6. The molecule has 0 aromatic carbocycles. The van der Waals surface area contributed by atoms with E-state index in [2.05, 4.69) is 53.8 Å². The van der Waals surface area contributed by atoms with Gasteiger partial charge >= 0.3 is 49.4 Å². The van der Waals surface area contributed by atoms with Gasteiger partial charge in [0.1, 0.15) is 0 Å². The van der Waals surface area contributed by atoms with Crippen molar-refractivity contribution < 1.29 is 9.47 Å². The van der Waals surface area contributed by atoms with E-state index in [4.69, 9.17) is 0 Å². The van der Waals surface area contributed by atoms with Crippen molar-refractivity contribution in [1.29, 1.82) is 0 Å². The Balaban J connectivity index is 0.000000858. The molecule has 0 nitrogen and oxygen atoms in total. The van der Waals surface area contributed by atoms with Gasteiger partial charge in [0.25, 0.3) is 0 Å². The van der Waals surface area contributed by atoms with Crippen molar-refractivity contribution >= 4 is 40.0 Å². The summed E-state index contributed by atoms with van der Waals surface area (Å²) in [5.74, 6) is 8.64. The summed E-state index contributed by atoms with van der Waals surface area (Å²) in [6, 6.07) is 0. The third-order valence-electron chi connectivity index (χ3n) is 10.1. The first-order valence-electron chi connectivity index (χ1n) is 14.0. The molecule has 4 rings (SSSR count). The molecule has 0 bridgehead atoms. The summed E-state index contributed by atoms with van der Waals surface area (Å²) < 4.78 is 0. The normalized spacial score (nSPS) is 41.7. The van der Waals surface area contributed by atoms with Crippen LogP contribution in [0.2, 0.25) is 0 Å². The minimum atomic E-state index is 0.628. The van der Waals surface area contributed by atoms with Crippen LogP contribution in [-0.4, -0.2) is 0 Å². The van der Waals surface area contributed by atoms with Crippen LogP contribution in [0, 0.1) is 47.3 Å². The molecule has 4 aliphatic carbocycles. The number of halogens is 2. The van der Waals surface area contributed by atoms with Crippen molar-refractivity contribution in [3.63, 3.8) is 0 Å². The molecule has 0 atom stereocenters. The van der Waals surface area contributed by atoms with Crippen molar-refractivity contribution in [1.82, 2.24) is 0 Å². The predicted molar refractivity (Wildman–Crippen MR) is 150 cm³/mol. The van der Waals surface area contributed by atoms with E-state index in [0.29, 0.717) is 9.47 Å². The Bertz CT molecular complexity index is 452. The fourth-order valence-corrected chi connectivity index (χ4v) is 7.86. The molecule has 0 heterocycles. The molecule has 0 aliphatic heterocycles. The molecule has 0 saturated heterocycles. The molecule has 0 aromatic heterocycles. The van der Waals surface area contributed by atoms with Gasteiger partial charge in [-0.2, -0.15) is 0 Å². The Morgan fingerprint density at radius 3 is 1.03 bits per heavy atom. The van der Waals surface area contributed by atoms with Gasteiger partial charge in [-0.25, -0.2) is 0 Å². The van der Waals surface area contributed by atoms with Gasteiger partial charge in [0, 0.05) is 0 Å². The van der Waals surface area contributed by atoms with E-state index in [9.17, 15) is 0 Å². The average Bonchev–Trinajstić information content (AvgIpc) is 2.78. The van der Waals surface area contributed by atoms with E-state index in [1.54, 1.807) is 89.9 Å². The first-order chi connectivity index (χ1) is 15.1. The molecular formula is C28H50I2V. The van der Waals surface area contributed by atoms with Gasteiger partial charge in [-0.15, -0.1) is 0 Å². The summed E-state index contributed by atoms with van der Waals surface area (Å²) in [6.07, 6.45) is 28.1. The average molecular weight is 691 g/mol. The molecule has 3 heteroatoms. The Labute approximate surface area is 224 Å². The maximum atomic E-state index is 2.47. The van der Waals surface area contributed by atoms with Gasteiger partial charge in [-0.1, -0.05) is 90.9 Å². The van der Waals surface area contributed by atoms with Crippen molar-refractivity contribution in [2.75, 3.05) is 0 Å². The van der Waals surface area contributed by atoms with Crippen LogP contribution in [0.4, 0.5) is 0 Å². The van der Waals surface area contributed by atoms with Gasteiger partial charge in [-0.3, -0.25) is 0 Å². The van der Waals surface area contributed by atoms with Crippen LogP contribution in [0.25, 0.3) is 0 Å². The second-order valence-electron chi connectivity index (χ2n) is 12.3. The zero-order valence-corrected chi connectivity index (χ0v) is 26.3. The van der Waals surface area contributed by atoms with Crippen LogP contribution in [-0.2, 0) is 9.47 Å². The van der Waals surface area contributed by atoms with Gasteiger partial charge in [0.05, 0.1) is 0 Å². The van der Waals surface area contributed by atoms with E-state index in [-0.39, 0.29) is 0 Å². The summed E-state index contributed by atoms with van der Waals surface area (Å²) in [5.41, 5.74) is 0. The van der Waals surface area contributed by atoms with E-state index >= 15 is 0 Å². The summed E-state index contributed by atoms with van der Waals surface area (Å²) in [7, 11) is 0.628. The van der Waals surface area contributed by atoms with Crippen LogP contribution in [0.3, 0.4) is 0 Å². The fourth-order valence-electron chi connectivity index (χ4n) is 7.86. The predicted octanol–water partition coefficient (Wildman–Crippen LogP) is 10.8. The SMILES string of the molecule is CC1CCC(CC2CCC(CC3CCC(C4CCC(C)CC4)CC3)CC2)CC1.[I][V][I]. The maximum absolute atomic E-state index is 2.47. The first kappa shape index (κ1) is 27.6. The van der Waals surface area contributed by atoms with Crippen molar-refractivity contribution in [2.45, 2.75) is 129 Å².